The van der Waals surface area contributed by atoms with Crippen molar-refractivity contribution in [3.8, 4) is 11.8 Å². The molecule has 3 rings (SSSR count). The van der Waals surface area contributed by atoms with Gasteiger partial charge in [0.1, 0.15) is 17.9 Å². The number of furan rings is 1. The van der Waals surface area contributed by atoms with Crippen LogP contribution in [0.3, 0.4) is 0 Å². The lowest BCUT2D eigenvalue weighted by Crippen LogP contribution is -2.06. The first-order chi connectivity index (χ1) is 15.3. The summed E-state index contributed by atoms with van der Waals surface area (Å²) in [4.78, 5) is 20.2. The van der Waals surface area contributed by atoms with Crippen molar-refractivity contribution in [3.05, 3.63) is 76.6 Å². The maximum atomic E-state index is 12.7. The Morgan fingerprint density at radius 3 is 2.56 bits per heavy atom. The number of anilines is 1. The predicted octanol–water partition coefficient (Wildman–Crippen LogP) is 4.98. The molecule has 0 aliphatic rings. The highest BCUT2D eigenvalue weighted by atomic mass is 19.4. The lowest BCUT2D eigenvalue weighted by atomic mass is 10.1. The number of carbonyl (C=O) groups is 1. The number of carbonyl (C=O) groups excluding carboxylic acids is 1. The van der Waals surface area contributed by atoms with E-state index >= 15 is 0 Å². The quantitative estimate of drug-likeness (QED) is 0.428. The van der Waals surface area contributed by atoms with E-state index in [2.05, 4.69) is 27.1 Å². The Morgan fingerprint density at radius 1 is 1.12 bits per heavy atom. The molecule has 9 heteroatoms. The SMILES string of the molecule is CCCOC(=O)c1ccc(CNc2ncnc(C)c2C#Cc2ccc(C(F)(F)F)cc2)o1. The molecule has 2 aromatic heterocycles. The number of rotatable bonds is 6. The van der Waals surface area contributed by atoms with Gasteiger partial charge in [0.15, 0.2) is 0 Å². The van der Waals surface area contributed by atoms with Gasteiger partial charge in [0.2, 0.25) is 5.76 Å². The lowest BCUT2D eigenvalue weighted by Gasteiger charge is -2.08. The predicted molar refractivity (Wildman–Crippen MR) is 111 cm³/mol. The van der Waals surface area contributed by atoms with E-state index < -0.39 is 17.7 Å². The van der Waals surface area contributed by atoms with Gasteiger partial charge in [-0.2, -0.15) is 13.2 Å². The third-order valence-electron chi connectivity index (χ3n) is 4.31. The van der Waals surface area contributed by atoms with Crippen LogP contribution in [0.2, 0.25) is 0 Å². The molecule has 166 valence electrons. The van der Waals surface area contributed by atoms with Crippen LogP contribution in [0.4, 0.5) is 19.0 Å². The maximum Gasteiger partial charge on any atom is 0.416 e. The highest BCUT2D eigenvalue weighted by Crippen LogP contribution is 2.29. The molecule has 0 spiro atoms. The van der Waals surface area contributed by atoms with Crippen molar-refractivity contribution in [2.75, 3.05) is 11.9 Å². The summed E-state index contributed by atoms with van der Waals surface area (Å²) in [7, 11) is 0. The molecule has 1 N–H and O–H groups in total. The van der Waals surface area contributed by atoms with Crippen molar-refractivity contribution in [3.63, 3.8) is 0 Å². The number of hydrogen-bond donors (Lipinski definition) is 1. The first-order valence-corrected chi connectivity index (χ1v) is 9.78. The fourth-order valence-corrected chi connectivity index (χ4v) is 2.65. The first-order valence-electron chi connectivity index (χ1n) is 9.78. The molecule has 0 aliphatic carbocycles. The number of aryl methyl sites for hydroxylation is 1. The second-order valence-electron chi connectivity index (χ2n) is 6.76. The number of nitrogens with one attached hydrogen (secondary N) is 1. The van der Waals surface area contributed by atoms with Gasteiger partial charge < -0.3 is 14.5 Å². The van der Waals surface area contributed by atoms with Crippen molar-refractivity contribution < 1.29 is 27.1 Å². The zero-order valence-electron chi connectivity index (χ0n) is 17.4. The van der Waals surface area contributed by atoms with Crippen LogP contribution in [0.5, 0.6) is 0 Å². The fourth-order valence-electron chi connectivity index (χ4n) is 2.65. The maximum absolute atomic E-state index is 12.7. The van der Waals surface area contributed by atoms with E-state index in [1.807, 2.05) is 6.92 Å². The minimum atomic E-state index is -4.40. The van der Waals surface area contributed by atoms with Crippen molar-refractivity contribution in [1.29, 1.82) is 0 Å². The summed E-state index contributed by atoms with van der Waals surface area (Å²) in [6.45, 7) is 4.19. The molecule has 0 unspecified atom stereocenters. The van der Waals surface area contributed by atoms with Crippen LogP contribution in [0.15, 0.2) is 47.1 Å². The molecular formula is C23H20F3N3O3. The fraction of sp³-hybridized carbons (Fsp3) is 0.261. The van der Waals surface area contributed by atoms with Gasteiger partial charge in [0.05, 0.1) is 30.0 Å². The zero-order valence-corrected chi connectivity index (χ0v) is 17.4. The normalized spacial score (nSPS) is 10.9. The molecule has 32 heavy (non-hydrogen) atoms. The van der Waals surface area contributed by atoms with Crippen LogP contribution >= 0.6 is 0 Å². The minimum absolute atomic E-state index is 0.108. The third-order valence-corrected chi connectivity index (χ3v) is 4.31. The number of hydrogen-bond acceptors (Lipinski definition) is 6. The summed E-state index contributed by atoms with van der Waals surface area (Å²) in [5.74, 6) is 6.26. The van der Waals surface area contributed by atoms with E-state index in [0.29, 0.717) is 41.4 Å². The second-order valence-corrected chi connectivity index (χ2v) is 6.76. The number of alkyl halides is 3. The number of aromatic nitrogens is 2. The second kappa shape index (κ2) is 10.0. The lowest BCUT2D eigenvalue weighted by molar-refractivity contribution is -0.137. The number of nitrogens with zero attached hydrogens (tertiary/aromatic N) is 2. The summed E-state index contributed by atoms with van der Waals surface area (Å²) in [5, 5.41) is 3.08. The highest BCUT2D eigenvalue weighted by molar-refractivity contribution is 5.86. The Kier molecular flexibility index (Phi) is 7.15. The van der Waals surface area contributed by atoms with Crippen molar-refractivity contribution in [1.82, 2.24) is 9.97 Å². The van der Waals surface area contributed by atoms with Crippen LogP contribution in [-0.4, -0.2) is 22.5 Å². The summed E-state index contributed by atoms with van der Waals surface area (Å²) in [5.41, 5.74) is 0.793. The summed E-state index contributed by atoms with van der Waals surface area (Å²) < 4.78 is 48.6. The number of benzene rings is 1. The van der Waals surface area contributed by atoms with E-state index in [1.54, 1.807) is 13.0 Å². The van der Waals surface area contributed by atoms with Gasteiger partial charge in [-0.05, 0) is 49.7 Å². The molecular weight excluding hydrogens is 423 g/mol. The molecule has 1 aromatic carbocycles. The Bertz CT molecular complexity index is 1140. The van der Waals surface area contributed by atoms with Crippen LogP contribution in [-0.2, 0) is 17.5 Å². The Morgan fingerprint density at radius 2 is 1.88 bits per heavy atom. The van der Waals surface area contributed by atoms with Gasteiger partial charge in [-0.1, -0.05) is 18.8 Å². The Balaban J connectivity index is 1.73. The average molecular weight is 443 g/mol. The smallest absolute Gasteiger partial charge is 0.416 e. The first kappa shape index (κ1) is 22.9. The van der Waals surface area contributed by atoms with Gasteiger partial charge in [0, 0.05) is 5.56 Å². The van der Waals surface area contributed by atoms with Crippen LogP contribution in [0, 0.1) is 18.8 Å². The minimum Gasteiger partial charge on any atom is -0.460 e. The molecule has 0 aliphatic heterocycles. The molecule has 0 radical (unpaired) electrons. The molecule has 0 atom stereocenters. The van der Waals surface area contributed by atoms with Crippen molar-refractivity contribution >= 4 is 11.8 Å². The van der Waals surface area contributed by atoms with Gasteiger partial charge in [0.25, 0.3) is 0 Å². The number of halogens is 3. The van der Waals surface area contributed by atoms with Crippen molar-refractivity contribution in [2.24, 2.45) is 0 Å². The number of ether oxygens (including phenoxy) is 1. The van der Waals surface area contributed by atoms with Crippen LogP contribution in [0.1, 0.15) is 52.0 Å². The molecule has 0 amide bonds. The zero-order chi connectivity index (χ0) is 23.1. The van der Waals surface area contributed by atoms with E-state index in [-0.39, 0.29) is 12.3 Å². The topological polar surface area (TPSA) is 77.2 Å². The molecule has 0 saturated heterocycles. The Hall–Kier alpha value is -3.80. The molecule has 3 aromatic rings. The van der Waals surface area contributed by atoms with Crippen molar-refractivity contribution in [2.45, 2.75) is 33.0 Å². The van der Waals surface area contributed by atoms with Gasteiger partial charge in [-0.25, -0.2) is 14.8 Å². The molecule has 0 bridgehead atoms. The molecule has 0 saturated carbocycles. The molecule has 2 heterocycles. The monoisotopic (exact) mass is 443 g/mol. The summed E-state index contributed by atoms with van der Waals surface area (Å²) in [6, 6.07) is 7.77. The molecule has 6 nitrogen and oxygen atoms in total. The Labute approximate surface area is 182 Å². The van der Waals surface area contributed by atoms with Crippen LogP contribution < -0.4 is 5.32 Å². The van der Waals surface area contributed by atoms with Gasteiger partial charge in [-0.3, -0.25) is 0 Å². The van der Waals surface area contributed by atoms with E-state index in [0.717, 1.165) is 12.1 Å². The van der Waals surface area contributed by atoms with E-state index in [4.69, 9.17) is 9.15 Å². The standard InChI is InChI=1S/C23H20F3N3O3/c1-3-12-31-22(30)20-11-9-18(32-20)13-27-21-19(15(2)28-14-29-21)10-6-16-4-7-17(8-5-16)23(24,25)26/h4-5,7-9,11,14H,3,12-13H2,1-2H3,(H,27,28,29). The summed E-state index contributed by atoms with van der Waals surface area (Å²) in [6.07, 6.45) is -2.31. The third kappa shape index (κ3) is 5.88. The highest BCUT2D eigenvalue weighted by Gasteiger charge is 2.29. The number of esters is 1. The largest absolute Gasteiger partial charge is 0.460 e. The van der Waals surface area contributed by atoms with Gasteiger partial charge >= 0.3 is 12.1 Å². The summed E-state index contributed by atoms with van der Waals surface area (Å²) >= 11 is 0. The van der Waals surface area contributed by atoms with E-state index in [1.165, 1.54) is 24.5 Å². The molecule has 0 fully saturated rings. The average Bonchev–Trinajstić information content (AvgIpc) is 3.24. The van der Waals surface area contributed by atoms with Crippen LogP contribution in [0.25, 0.3) is 0 Å². The van der Waals surface area contributed by atoms with E-state index in [9.17, 15) is 18.0 Å². The van der Waals surface area contributed by atoms with Gasteiger partial charge in [-0.15, -0.1) is 0 Å².